The zero-order chi connectivity index (χ0) is 15.0. The van der Waals surface area contributed by atoms with Gasteiger partial charge in [-0.25, -0.2) is 0 Å². The fourth-order valence-corrected chi connectivity index (χ4v) is 3.46. The number of carboxylic acids is 1. The Balaban J connectivity index is 1.68. The van der Waals surface area contributed by atoms with Crippen LogP contribution in [0.15, 0.2) is 28.7 Å². The van der Waals surface area contributed by atoms with Gasteiger partial charge in [-0.1, -0.05) is 28.1 Å². The van der Waals surface area contributed by atoms with Crippen LogP contribution in [0.25, 0.3) is 0 Å². The third kappa shape index (κ3) is 3.64. The summed E-state index contributed by atoms with van der Waals surface area (Å²) >= 11 is 3.40. The minimum atomic E-state index is -0.957. The monoisotopic (exact) mass is 351 g/mol. The minimum Gasteiger partial charge on any atom is -0.480 e. The van der Waals surface area contributed by atoms with Crippen LogP contribution in [0.1, 0.15) is 24.8 Å². The average Bonchev–Trinajstić information content (AvgIpc) is 3.26. The van der Waals surface area contributed by atoms with E-state index in [0.29, 0.717) is 12.5 Å². The van der Waals surface area contributed by atoms with Crippen LogP contribution in [0, 0.1) is 17.8 Å². The summed E-state index contributed by atoms with van der Waals surface area (Å²) in [5.41, 5.74) is 0.947. The van der Waals surface area contributed by atoms with Crippen molar-refractivity contribution in [3.05, 3.63) is 34.3 Å². The van der Waals surface area contributed by atoms with E-state index in [-0.39, 0.29) is 18.4 Å². The predicted molar refractivity (Wildman–Crippen MR) is 81.5 cm³/mol. The molecular formula is C16H18BrNO3. The molecule has 0 aliphatic heterocycles. The summed E-state index contributed by atoms with van der Waals surface area (Å²) in [6, 6.07) is 7.65. The molecule has 1 aromatic carbocycles. The van der Waals surface area contributed by atoms with Gasteiger partial charge in [-0.05, 0) is 48.8 Å². The zero-order valence-corrected chi connectivity index (χ0v) is 13.3. The van der Waals surface area contributed by atoms with Crippen molar-refractivity contribution < 1.29 is 14.7 Å². The summed E-state index contributed by atoms with van der Waals surface area (Å²) in [4.78, 5) is 25.0. The molecule has 0 heterocycles. The Morgan fingerprint density at radius 3 is 2.71 bits per heavy atom. The summed E-state index contributed by atoms with van der Waals surface area (Å²) in [5, 5.41) is 9.05. The minimum absolute atomic E-state index is 0.00859. The van der Waals surface area contributed by atoms with E-state index >= 15 is 0 Å². The lowest BCUT2D eigenvalue weighted by atomic mass is 10.1. The summed E-state index contributed by atoms with van der Waals surface area (Å²) in [5.74, 6) is 0.341. The summed E-state index contributed by atoms with van der Waals surface area (Å²) < 4.78 is 0.935. The molecule has 112 valence electrons. The second-order valence-corrected chi connectivity index (χ2v) is 6.98. The molecule has 4 nitrogen and oxygen atoms in total. The van der Waals surface area contributed by atoms with Gasteiger partial charge in [0.1, 0.15) is 6.54 Å². The average molecular weight is 352 g/mol. The number of aliphatic carboxylic acids is 1. The van der Waals surface area contributed by atoms with Crippen molar-refractivity contribution in [1.82, 2.24) is 4.90 Å². The lowest BCUT2D eigenvalue weighted by Crippen LogP contribution is -2.36. The summed E-state index contributed by atoms with van der Waals surface area (Å²) in [7, 11) is 0. The third-order valence-electron chi connectivity index (χ3n) is 4.28. The van der Waals surface area contributed by atoms with E-state index < -0.39 is 5.97 Å². The molecule has 0 spiro atoms. The highest BCUT2D eigenvalue weighted by molar-refractivity contribution is 9.10. The standard InChI is InChI=1S/C16H18BrNO3/c17-12-3-1-2-10(6-12)8-18(9-15(19)20)16(21)14-7-13(14)11-4-5-11/h1-3,6,11,13-14H,4-5,7-9H2,(H,19,20). The first-order valence-electron chi connectivity index (χ1n) is 7.29. The van der Waals surface area contributed by atoms with E-state index in [9.17, 15) is 9.59 Å². The molecule has 0 saturated heterocycles. The van der Waals surface area contributed by atoms with Crippen molar-refractivity contribution in [1.29, 1.82) is 0 Å². The maximum Gasteiger partial charge on any atom is 0.323 e. The quantitative estimate of drug-likeness (QED) is 0.857. The Morgan fingerprint density at radius 2 is 2.10 bits per heavy atom. The molecule has 21 heavy (non-hydrogen) atoms. The fraction of sp³-hybridized carbons (Fsp3) is 0.500. The number of amides is 1. The van der Waals surface area contributed by atoms with Gasteiger partial charge < -0.3 is 10.0 Å². The van der Waals surface area contributed by atoms with Crippen molar-refractivity contribution in [2.45, 2.75) is 25.8 Å². The largest absolute Gasteiger partial charge is 0.480 e. The number of hydrogen-bond donors (Lipinski definition) is 1. The predicted octanol–water partition coefficient (Wildman–Crippen LogP) is 2.91. The molecule has 0 aromatic heterocycles. The SMILES string of the molecule is O=C(O)CN(Cc1cccc(Br)c1)C(=O)C1CC1C1CC1. The molecule has 2 saturated carbocycles. The second-order valence-electron chi connectivity index (χ2n) is 6.06. The van der Waals surface area contributed by atoms with Gasteiger partial charge >= 0.3 is 5.97 Å². The Bertz CT molecular complexity index is 570. The van der Waals surface area contributed by atoms with Crippen LogP contribution in [-0.4, -0.2) is 28.4 Å². The first-order chi connectivity index (χ1) is 10.0. The first kappa shape index (κ1) is 14.6. The Hall–Kier alpha value is -1.36. The van der Waals surface area contributed by atoms with Gasteiger partial charge in [0.15, 0.2) is 0 Å². The number of hydrogen-bond acceptors (Lipinski definition) is 2. The molecule has 1 amide bonds. The van der Waals surface area contributed by atoms with Crippen LogP contribution in [0.2, 0.25) is 0 Å². The highest BCUT2D eigenvalue weighted by Crippen LogP contribution is 2.54. The van der Waals surface area contributed by atoms with E-state index in [2.05, 4.69) is 15.9 Å². The van der Waals surface area contributed by atoms with Crippen LogP contribution < -0.4 is 0 Å². The molecule has 2 aliphatic carbocycles. The Morgan fingerprint density at radius 1 is 1.33 bits per heavy atom. The Kier molecular flexibility index (Phi) is 4.02. The normalized spacial score (nSPS) is 23.7. The molecule has 2 atom stereocenters. The zero-order valence-electron chi connectivity index (χ0n) is 11.7. The van der Waals surface area contributed by atoms with Crippen molar-refractivity contribution in [3.63, 3.8) is 0 Å². The van der Waals surface area contributed by atoms with Crippen LogP contribution in [0.4, 0.5) is 0 Å². The van der Waals surface area contributed by atoms with Gasteiger partial charge in [-0.15, -0.1) is 0 Å². The van der Waals surface area contributed by atoms with Gasteiger partial charge in [-0.3, -0.25) is 9.59 Å². The highest BCUT2D eigenvalue weighted by Gasteiger charge is 2.52. The highest BCUT2D eigenvalue weighted by atomic mass is 79.9. The van der Waals surface area contributed by atoms with Crippen LogP contribution in [-0.2, 0) is 16.1 Å². The van der Waals surface area contributed by atoms with Gasteiger partial charge in [0.05, 0.1) is 0 Å². The van der Waals surface area contributed by atoms with E-state index in [1.807, 2.05) is 24.3 Å². The summed E-state index contributed by atoms with van der Waals surface area (Å²) in [6.07, 6.45) is 3.41. The van der Waals surface area contributed by atoms with E-state index in [1.165, 1.54) is 17.7 Å². The van der Waals surface area contributed by atoms with E-state index in [0.717, 1.165) is 22.4 Å². The van der Waals surface area contributed by atoms with Crippen LogP contribution >= 0.6 is 15.9 Å². The molecule has 2 aliphatic rings. The maximum absolute atomic E-state index is 12.5. The van der Waals surface area contributed by atoms with Gasteiger partial charge in [0.25, 0.3) is 0 Å². The summed E-state index contributed by atoms with van der Waals surface area (Å²) in [6.45, 7) is 0.137. The van der Waals surface area contributed by atoms with E-state index in [1.54, 1.807) is 0 Å². The van der Waals surface area contributed by atoms with Crippen molar-refractivity contribution in [2.75, 3.05) is 6.54 Å². The lowest BCUT2D eigenvalue weighted by Gasteiger charge is -2.21. The molecule has 5 heteroatoms. The molecular weight excluding hydrogens is 334 g/mol. The van der Waals surface area contributed by atoms with Crippen molar-refractivity contribution in [2.24, 2.45) is 17.8 Å². The lowest BCUT2D eigenvalue weighted by molar-refractivity contribution is -0.145. The smallest absolute Gasteiger partial charge is 0.323 e. The second kappa shape index (κ2) is 5.79. The van der Waals surface area contributed by atoms with Crippen LogP contribution in [0.5, 0.6) is 0 Å². The molecule has 1 N–H and O–H groups in total. The third-order valence-corrected chi connectivity index (χ3v) is 4.78. The van der Waals surface area contributed by atoms with Gasteiger partial charge in [-0.2, -0.15) is 0 Å². The number of carbonyl (C=O) groups is 2. The van der Waals surface area contributed by atoms with Crippen LogP contribution in [0.3, 0.4) is 0 Å². The number of carbonyl (C=O) groups excluding carboxylic acids is 1. The van der Waals surface area contributed by atoms with Crippen molar-refractivity contribution >= 4 is 27.8 Å². The first-order valence-corrected chi connectivity index (χ1v) is 8.09. The molecule has 1 aromatic rings. The molecule has 2 fully saturated rings. The topological polar surface area (TPSA) is 57.6 Å². The van der Waals surface area contributed by atoms with E-state index in [4.69, 9.17) is 5.11 Å². The number of benzene rings is 1. The number of carboxylic acid groups (broad SMARTS) is 1. The number of rotatable bonds is 6. The molecule has 3 rings (SSSR count). The molecule has 0 radical (unpaired) electrons. The maximum atomic E-state index is 12.5. The van der Waals surface area contributed by atoms with Crippen molar-refractivity contribution in [3.8, 4) is 0 Å². The number of halogens is 1. The van der Waals surface area contributed by atoms with Gasteiger partial charge in [0, 0.05) is 16.9 Å². The number of nitrogens with zero attached hydrogens (tertiary/aromatic N) is 1. The molecule has 2 unspecified atom stereocenters. The molecule has 0 bridgehead atoms. The van der Waals surface area contributed by atoms with Gasteiger partial charge in [0.2, 0.25) is 5.91 Å². The fourth-order valence-electron chi connectivity index (χ4n) is 3.01. The Labute approximate surface area is 132 Å².